The van der Waals surface area contributed by atoms with Gasteiger partial charge in [0.05, 0.1) is 6.42 Å². The monoisotopic (exact) mass is 420 g/mol. The SMILES string of the molecule is Cc1ccccc1CN1CCN(C(=O)Cc2ccc(N3CCNC3=O)cc2)CCC1=O. The molecule has 0 aromatic heterocycles. The summed E-state index contributed by atoms with van der Waals surface area (Å²) in [6.07, 6.45) is 0.638. The van der Waals surface area contributed by atoms with Crippen LogP contribution in [0.4, 0.5) is 10.5 Å². The molecule has 4 amide bonds. The Morgan fingerprint density at radius 2 is 1.74 bits per heavy atom. The van der Waals surface area contributed by atoms with E-state index in [4.69, 9.17) is 0 Å². The first-order valence-corrected chi connectivity index (χ1v) is 10.8. The van der Waals surface area contributed by atoms with Crippen molar-refractivity contribution in [3.63, 3.8) is 0 Å². The number of anilines is 1. The van der Waals surface area contributed by atoms with Crippen LogP contribution in [0.3, 0.4) is 0 Å². The van der Waals surface area contributed by atoms with Crippen LogP contribution in [0, 0.1) is 6.92 Å². The molecule has 2 aliphatic heterocycles. The van der Waals surface area contributed by atoms with Crippen LogP contribution in [0.2, 0.25) is 0 Å². The lowest BCUT2D eigenvalue weighted by Crippen LogP contribution is -2.36. The second-order valence-corrected chi connectivity index (χ2v) is 8.10. The molecule has 2 heterocycles. The molecule has 0 saturated carbocycles. The highest BCUT2D eigenvalue weighted by Gasteiger charge is 2.25. The van der Waals surface area contributed by atoms with Gasteiger partial charge in [0.2, 0.25) is 11.8 Å². The number of carbonyl (C=O) groups is 3. The Balaban J connectivity index is 1.34. The van der Waals surface area contributed by atoms with E-state index < -0.39 is 0 Å². The standard InChI is InChI=1S/C24H28N4O3/c1-18-4-2-3-5-20(18)17-27-15-14-26(12-10-22(27)29)23(30)16-19-6-8-21(9-7-19)28-13-11-25-24(28)31/h2-9H,10-17H2,1H3,(H,25,31). The van der Waals surface area contributed by atoms with Crippen LogP contribution in [0.15, 0.2) is 48.5 Å². The van der Waals surface area contributed by atoms with E-state index in [1.807, 2.05) is 47.4 Å². The third-order valence-corrected chi connectivity index (χ3v) is 6.02. The summed E-state index contributed by atoms with van der Waals surface area (Å²) in [6, 6.07) is 15.5. The molecule has 162 valence electrons. The minimum absolute atomic E-state index is 0.0252. The van der Waals surface area contributed by atoms with Crippen molar-refractivity contribution in [1.82, 2.24) is 15.1 Å². The highest BCUT2D eigenvalue weighted by molar-refractivity contribution is 5.94. The summed E-state index contributed by atoms with van der Waals surface area (Å²) in [5, 5.41) is 2.78. The molecule has 2 fully saturated rings. The second kappa shape index (κ2) is 9.20. The van der Waals surface area contributed by atoms with Crippen molar-refractivity contribution in [3.05, 3.63) is 65.2 Å². The molecule has 4 rings (SSSR count). The maximum atomic E-state index is 12.9. The molecule has 0 unspecified atom stereocenters. The fourth-order valence-electron chi connectivity index (χ4n) is 4.07. The molecule has 0 bridgehead atoms. The molecule has 2 aromatic rings. The number of amides is 4. The summed E-state index contributed by atoms with van der Waals surface area (Å²) >= 11 is 0. The number of rotatable bonds is 5. The zero-order valence-electron chi connectivity index (χ0n) is 17.8. The maximum absolute atomic E-state index is 12.9. The Morgan fingerprint density at radius 1 is 0.968 bits per heavy atom. The number of hydrogen-bond acceptors (Lipinski definition) is 3. The average Bonchev–Trinajstić information content (AvgIpc) is 3.11. The molecule has 2 aliphatic rings. The molecule has 0 spiro atoms. The first-order valence-electron chi connectivity index (χ1n) is 10.8. The molecule has 0 atom stereocenters. The number of hydrogen-bond donors (Lipinski definition) is 1. The van der Waals surface area contributed by atoms with Gasteiger partial charge in [0, 0.05) is 51.4 Å². The van der Waals surface area contributed by atoms with Gasteiger partial charge in [-0.1, -0.05) is 36.4 Å². The summed E-state index contributed by atoms with van der Waals surface area (Å²) in [5.41, 5.74) is 4.05. The van der Waals surface area contributed by atoms with Gasteiger partial charge in [-0.15, -0.1) is 0 Å². The highest BCUT2D eigenvalue weighted by Crippen LogP contribution is 2.19. The van der Waals surface area contributed by atoms with Crippen LogP contribution < -0.4 is 10.2 Å². The predicted octanol–water partition coefficient (Wildman–Crippen LogP) is 2.33. The topological polar surface area (TPSA) is 73.0 Å². The Bertz CT molecular complexity index is 973. The third kappa shape index (κ3) is 4.87. The van der Waals surface area contributed by atoms with Crippen molar-refractivity contribution in [2.75, 3.05) is 37.6 Å². The minimum atomic E-state index is -0.0895. The number of nitrogens with one attached hydrogen (secondary N) is 1. The number of nitrogens with zero attached hydrogens (tertiary/aromatic N) is 3. The number of urea groups is 1. The summed E-state index contributed by atoms with van der Waals surface area (Å²) in [7, 11) is 0. The van der Waals surface area contributed by atoms with Crippen molar-refractivity contribution in [3.8, 4) is 0 Å². The minimum Gasteiger partial charge on any atom is -0.340 e. The van der Waals surface area contributed by atoms with E-state index in [-0.39, 0.29) is 17.8 Å². The Labute approximate surface area is 182 Å². The van der Waals surface area contributed by atoms with E-state index in [1.165, 1.54) is 5.56 Å². The smallest absolute Gasteiger partial charge is 0.321 e. The Kier molecular flexibility index (Phi) is 6.21. The normalized spacial score (nSPS) is 17.0. The first kappa shape index (κ1) is 20.9. The highest BCUT2D eigenvalue weighted by atomic mass is 16.2. The first-order chi connectivity index (χ1) is 15.0. The van der Waals surface area contributed by atoms with Crippen molar-refractivity contribution < 1.29 is 14.4 Å². The quantitative estimate of drug-likeness (QED) is 0.807. The Morgan fingerprint density at radius 3 is 2.45 bits per heavy atom. The van der Waals surface area contributed by atoms with Gasteiger partial charge in [-0.25, -0.2) is 4.79 Å². The fourth-order valence-corrected chi connectivity index (χ4v) is 4.07. The van der Waals surface area contributed by atoms with Crippen LogP contribution in [-0.2, 0) is 22.6 Å². The molecule has 1 N–H and O–H groups in total. The molecule has 2 saturated heterocycles. The lowest BCUT2D eigenvalue weighted by atomic mass is 10.1. The summed E-state index contributed by atoms with van der Waals surface area (Å²) < 4.78 is 0. The van der Waals surface area contributed by atoms with E-state index in [0.29, 0.717) is 52.1 Å². The molecular weight excluding hydrogens is 392 g/mol. The van der Waals surface area contributed by atoms with E-state index in [0.717, 1.165) is 16.8 Å². The van der Waals surface area contributed by atoms with Crippen LogP contribution in [-0.4, -0.2) is 60.4 Å². The zero-order valence-corrected chi connectivity index (χ0v) is 17.8. The van der Waals surface area contributed by atoms with Gasteiger partial charge in [-0.3, -0.25) is 14.5 Å². The second-order valence-electron chi connectivity index (χ2n) is 8.10. The summed E-state index contributed by atoms with van der Waals surface area (Å²) in [4.78, 5) is 42.6. The predicted molar refractivity (Wildman–Crippen MR) is 119 cm³/mol. The van der Waals surface area contributed by atoms with Crippen molar-refractivity contribution in [1.29, 1.82) is 0 Å². The molecule has 2 aromatic carbocycles. The fraction of sp³-hybridized carbons (Fsp3) is 0.375. The van der Waals surface area contributed by atoms with Crippen molar-refractivity contribution >= 4 is 23.5 Å². The zero-order chi connectivity index (χ0) is 21.8. The lowest BCUT2D eigenvalue weighted by Gasteiger charge is -2.23. The van der Waals surface area contributed by atoms with E-state index in [1.54, 1.807) is 9.80 Å². The summed E-state index contributed by atoms with van der Waals surface area (Å²) in [6.45, 7) is 5.47. The van der Waals surface area contributed by atoms with Crippen LogP contribution in [0.5, 0.6) is 0 Å². The largest absolute Gasteiger partial charge is 0.340 e. The van der Waals surface area contributed by atoms with Crippen LogP contribution in [0.1, 0.15) is 23.1 Å². The van der Waals surface area contributed by atoms with Gasteiger partial charge in [0.1, 0.15) is 0 Å². The molecule has 7 nitrogen and oxygen atoms in total. The van der Waals surface area contributed by atoms with Gasteiger partial charge >= 0.3 is 6.03 Å². The van der Waals surface area contributed by atoms with Crippen LogP contribution >= 0.6 is 0 Å². The maximum Gasteiger partial charge on any atom is 0.321 e. The van der Waals surface area contributed by atoms with Gasteiger partial charge < -0.3 is 15.1 Å². The molecule has 7 heteroatoms. The number of benzene rings is 2. The number of aryl methyl sites for hydroxylation is 1. The van der Waals surface area contributed by atoms with Gasteiger partial charge in [-0.05, 0) is 35.7 Å². The molecular formula is C24H28N4O3. The van der Waals surface area contributed by atoms with Gasteiger partial charge in [-0.2, -0.15) is 0 Å². The molecule has 31 heavy (non-hydrogen) atoms. The lowest BCUT2D eigenvalue weighted by molar-refractivity contribution is -0.130. The van der Waals surface area contributed by atoms with Crippen molar-refractivity contribution in [2.45, 2.75) is 26.3 Å². The van der Waals surface area contributed by atoms with E-state index >= 15 is 0 Å². The molecule has 0 aliphatic carbocycles. The Hall–Kier alpha value is -3.35. The van der Waals surface area contributed by atoms with Crippen LogP contribution in [0.25, 0.3) is 0 Å². The van der Waals surface area contributed by atoms with Crippen molar-refractivity contribution in [2.24, 2.45) is 0 Å². The third-order valence-electron chi connectivity index (χ3n) is 6.02. The number of carbonyl (C=O) groups excluding carboxylic acids is 3. The molecule has 0 radical (unpaired) electrons. The van der Waals surface area contributed by atoms with Gasteiger partial charge in [0.15, 0.2) is 0 Å². The van der Waals surface area contributed by atoms with E-state index in [9.17, 15) is 14.4 Å². The average molecular weight is 421 g/mol. The van der Waals surface area contributed by atoms with E-state index in [2.05, 4.69) is 18.3 Å². The summed E-state index contributed by atoms with van der Waals surface area (Å²) in [5.74, 6) is 0.115. The van der Waals surface area contributed by atoms with Gasteiger partial charge in [0.25, 0.3) is 0 Å².